The topological polar surface area (TPSA) is 51.9 Å². The fourth-order valence-electron chi connectivity index (χ4n) is 2.32. The van der Waals surface area contributed by atoms with Gasteiger partial charge in [-0.15, -0.1) is 0 Å². The molecule has 0 atom stereocenters. The minimum Gasteiger partial charge on any atom is -0.347 e. The molecule has 0 unspecified atom stereocenters. The number of aryl methyl sites for hydroxylation is 1. The van der Waals surface area contributed by atoms with Crippen LogP contribution in [-0.2, 0) is 20.1 Å². The molecule has 0 saturated heterocycles. The highest BCUT2D eigenvalue weighted by atomic mass is 16.1. The number of aromatic nitrogens is 3. The fourth-order valence-corrected chi connectivity index (χ4v) is 2.32. The van der Waals surface area contributed by atoms with Crippen LogP contribution in [0, 0.1) is 0 Å². The highest BCUT2D eigenvalue weighted by Gasteiger charge is 2.07. The molecule has 1 N–H and O–H groups in total. The molecule has 22 heavy (non-hydrogen) atoms. The zero-order valence-electron chi connectivity index (χ0n) is 12.4. The monoisotopic (exact) mass is 294 g/mol. The Hall–Kier alpha value is -2.82. The van der Waals surface area contributed by atoms with Crippen LogP contribution in [0.25, 0.3) is 0 Å². The van der Waals surface area contributed by atoms with Gasteiger partial charge in [0.25, 0.3) is 5.91 Å². The molecular weight excluding hydrogens is 276 g/mol. The third-order valence-electron chi connectivity index (χ3n) is 3.58. The molecule has 112 valence electrons. The number of carbonyl (C=O) groups excluding carboxylic acids is 1. The molecule has 2 aromatic heterocycles. The number of hydrogen-bond donors (Lipinski definition) is 1. The standard InChI is InChI=1S/C17H18N4O/c1-20-9-2-3-16(20)17(22)19-11-14-4-6-15(7-5-14)12-21-10-8-18-13-21/h2-10,13H,11-12H2,1H3,(H,19,22). The lowest BCUT2D eigenvalue weighted by molar-refractivity contribution is 0.0943. The van der Waals surface area contributed by atoms with Crippen LogP contribution in [0.15, 0.2) is 61.3 Å². The van der Waals surface area contributed by atoms with Gasteiger partial charge in [-0.3, -0.25) is 4.79 Å². The Morgan fingerprint density at radius 1 is 1.14 bits per heavy atom. The lowest BCUT2D eigenvalue weighted by Gasteiger charge is -2.08. The first-order valence-electron chi connectivity index (χ1n) is 7.15. The Bertz CT molecular complexity index is 741. The van der Waals surface area contributed by atoms with Crippen LogP contribution >= 0.6 is 0 Å². The van der Waals surface area contributed by atoms with Crippen molar-refractivity contribution in [1.29, 1.82) is 0 Å². The molecule has 0 saturated carbocycles. The van der Waals surface area contributed by atoms with E-state index in [-0.39, 0.29) is 5.91 Å². The van der Waals surface area contributed by atoms with E-state index < -0.39 is 0 Å². The van der Waals surface area contributed by atoms with E-state index in [9.17, 15) is 4.79 Å². The van der Waals surface area contributed by atoms with E-state index >= 15 is 0 Å². The van der Waals surface area contributed by atoms with Gasteiger partial charge in [-0.25, -0.2) is 4.98 Å². The van der Waals surface area contributed by atoms with Crippen LogP contribution in [0.3, 0.4) is 0 Å². The van der Waals surface area contributed by atoms with Gasteiger partial charge in [-0.1, -0.05) is 24.3 Å². The quantitative estimate of drug-likeness (QED) is 0.784. The molecule has 1 aromatic carbocycles. The van der Waals surface area contributed by atoms with Crippen molar-refractivity contribution < 1.29 is 4.79 Å². The third kappa shape index (κ3) is 3.25. The first kappa shape index (κ1) is 14.1. The second-order valence-electron chi connectivity index (χ2n) is 5.24. The van der Waals surface area contributed by atoms with Gasteiger partial charge < -0.3 is 14.5 Å². The smallest absolute Gasteiger partial charge is 0.268 e. The first-order chi connectivity index (χ1) is 10.7. The van der Waals surface area contributed by atoms with Crippen LogP contribution in [0.2, 0.25) is 0 Å². The molecule has 0 radical (unpaired) electrons. The Kier molecular flexibility index (Phi) is 4.05. The molecule has 0 bridgehead atoms. The van der Waals surface area contributed by atoms with Crippen molar-refractivity contribution in [2.75, 3.05) is 0 Å². The molecule has 0 aliphatic rings. The molecule has 3 aromatic rings. The highest BCUT2D eigenvalue weighted by molar-refractivity contribution is 5.92. The van der Waals surface area contributed by atoms with Gasteiger partial charge in [0, 0.05) is 38.7 Å². The molecule has 2 heterocycles. The highest BCUT2D eigenvalue weighted by Crippen LogP contribution is 2.07. The van der Waals surface area contributed by atoms with Crippen LogP contribution in [0.1, 0.15) is 21.6 Å². The van der Waals surface area contributed by atoms with Gasteiger partial charge >= 0.3 is 0 Å². The van der Waals surface area contributed by atoms with Crippen LogP contribution in [0.5, 0.6) is 0 Å². The van der Waals surface area contributed by atoms with E-state index in [2.05, 4.69) is 22.4 Å². The predicted molar refractivity (Wildman–Crippen MR) is 84.4 cm³/mol. The minimum absolute atomic E-state index is 0.0602. The molecule has 0 aliphatic heterocycles. The third-order valence-corrected chi connectivity index (χ3v) is 3.58. The number of nitrogens with zero attached hydrogens (tertiary/aromatic N) is 3. The SMILES string of the molecule is Cn1cccc1C(=O)NCc1ccc(Cn2ccnc2)cc1. The van der Waals surface area contributed by atoms with E-state index in [1.165, 1.54) is 5.56 Å². The predicted octanol–water partition coefficient (Wildman–Crippen LogP) is 2.20. The maximum atomic E-state index is 12.0. The number of benzene rings is 1. The van der Waals surface area contributed by atoms with Crippen molar-refractivity contribution in [3.63, 3.8) is 0 Å². The Balaban J connectivity index is 1.57. The molecule has 5 nitrogen and oxygen atoms in total. The van der Waals surface area contributed by atoms with Crippen LogP contribution in [0.4, 0.5) is 0 Å². The second kappa shape index (κ2) is 6.30. The number of amides is 1. The van der Waals surface area contributed by atoms with E-state index in [4.69, 9.17) is 0 Å². The second-order valence-corrected chi connectivity index (χ2v) is 5.24. The molecular formula is C17H18N4O. The zero-order valence-corrected chi connectivity index (χ0v) is 12.4. The summed E-state index contributed by atoms with van der Waals surface area (Å²) in [5.74, 6) is -0.0602. The lowest BCUT2D eigenvalue weighted by Crippen LogP contribution is -2.24. The summed E-state index contributed by atoms with van der Waals surface area (Å²) in [5.41, 5.74) is 2.95. The maximum Gasteiger partial charge on any atom is 0.268 e. The summed E-state index contributed by atoms with van der Waals surface area (Å²) >= 11 is 0. The van der Waals surface area contributed by atoms with E-state index in [0.717, 1.165) is 12.1 Å². The number of hydrogen-bond acceptors (Lipinski definition) is 2. The number of carbonyl (C=O) groups is 1. The van der Waals surface area contributed by atoms with Crippen molar-refractivity contribution >= 4 is 5.91 Å². The molecule has 0 spiro atoms. The van der Waals surface area contributed by atoms with Crippen LogP contribution < -0.4 is 5.32 Å². The van der Waals surface area contributed by atoms with Gasteiger partial charge in [-0.05, 0) is 23.3 Å². The lowest BCUT2D eigenvalue weighted by atomic mass is 10.1. The largest absolute Gasteiger partial charge is 0.347 e. The average Bonchev–Trinajstić information content (AvgIpc) is 3.18. The van der Waals surface area contributed by atoms with Gasteiger partial charge in [0.15, 0.2) is 0 Å². The normalized spacial score (nSPS) is 10.6. The summed E-state index contributed by atoms with van der Waals surface area (Å²) in [6, 6.07) is 11.9. The number of imidazole rings is 1. The van der Waals surface area contributed by atoms with E-state index in [1.807, 2.05) is 52.8 Å². The van der Waals surface area contributed by atoms with Gasteiger partial charge in [0.2, 0.25) is 0 Å². The van der Waals surface area contributed by atoms with Gasteiger partial charge in [0.1, 0.15) is 5.69 Å². The molecule has 5 heteroatoms. The van der Waals surface area contributed by atoms with Crippen molar-refractivity contribution in [2.45, 2.75) is 13.1 Å². The molecule has 0 fully saturated rings. The van der Waals surface area contributed by atoms with E-state index in [1.54, 1.807) is 12.5 Å². The Labute approximate surface area is 129 Å². The van der Waals surface area contributed by atoms with Crippen LogP contribution in [-0.4, -0.2) is 20.0 Å². The first-order valence-corrected chi connectivity index (χ1v) is 7.15. The summed E-state index contributed by atoms with van der Waals surface area (Å²) < 4.78 is 3.83. The summed E-state index contributed by atoms with van der Waals surface area (Å²) in [6.45, 7) is 1.32. The zero-order chi connectivity index (χ0) is 15.4. The summed E-state index contributed by atoms with van der Waals surface area (Å²) in [7, 11) is 1.86. The van der Waals surface area contributed by atoms with Crippen molar-refractivity contribution in [1.82, 2.24) is 19.4 Å². The Morgan fingerprint density at radius 3 is 2.55 bits per heavy atom. The average molecular weight is 294 g/mol. The maximum absolute atomic E-state index is 12.0. The number of nitrogens with one attached hydrogen (secondary N) is 1. The number of rotatable bonds is 5. The van der Waals surface area contributed by atoms with E-state index in [0.29, 0.717) is 12.2 Å². The molecule has 3 rings (SSSR count). The molecule has 0 aliphatic carbocycles. The Morgan fingerprint density at radius 2 is 1.91 bits per heavy atom. The molecule has 1 amide bonds. The van der Waals surface area contributed by atoms with Gasteiger partial charge in [0.05, 0.1) is 6.33 Å². The minimum atomic E-state index is -0.0602. The fraction of sp³-hybridized carbons (Fsp3) is 0.176. The summed E-state index contributed by atoms with van der Waals surface area (Å²) in [5, 5.41) is 2.93. The van der Waals surface area contributed by atoms with Gasteiger partial charge in [-0.2, -0.15) is 0 Å². The summed E-state index contributed by atoms with van der Waals surface area (Å²) in [6.07, 6.45) is 7.37. The van der Waals surface area contributed by atoms with Crippen molar-refractivity contribution in [3.05, 3.63) is 78.1 Å². The van der Waals surface area contributed by atoms with Crippen molar-refractivity contribution in [3.8, 4) is 0 Å². The summed E-state index contributed by atoms with van der Waals surface area (Å²) in [4.78, 5) is 16.1. The van der Waals surface area contributed by atoms with Crippen molar-refractivity contribution in [2.24, 2.45) is 7.05 Å².